The highest BCUT2D eigenvalue weighted by Crippen LogP contribution is 2.40. The number of ether oxygens (including phenoxy) is 1. The number of anilines is 1. The van der Waals surface area contributed by atoms with Crippen molar-refractivity contribution in [3.05, 3.63) is 66.4 Å². The first-order chi connectivity index (χ1) is 14.1. The van der Waals surface area contributed by atoms with E-state index >= 15 is 0 Å². The Morgan fingerprint density at radius 1 is 1.10 bits per heavy atom. The molecule has 1 aliphatic rings. The van der Waals surface area contributed by atoms with Crippen molar-refractivity contribution in [1.82, 2.24) is 4.98 Å². The lowest BCUT2D eigenvalue weighted by Gasteiger charge is -2.30. The summed E-state index contributed by atoms with van der Waals surface area (Å²) < 4.78 is 35.2. The number of H-pyrrole nitrogens is 1. The molecule has 0 saturated heterocycles. The Morgan fingerprint density at radius 2 is 1.97 bits per heavy atom. The Labute approximate surface area is 171 Å². The Bertz CT molecular complexity index is 1350. The molecule has 0 saturated carbocycles. The first-order valence-electron chi connectivity index (χ1n) is 8.94. The molecule has 1 N–H and O–H groups in total. The molecular weight excluding hydrogens is 406 g/mol. The highest BCUT2D eigenvalue weighted by molar-refractivity contribution is 7.95. The molecule has 29 heavy (non-hydrogen) atoms. The predicted molar refractivity (Wildman–Crippen MR) is 113 cm³/mol. The van der Waals surface area contributed by atoms with E-state index in [0.29, 0.717) is 21.3 Å². The maximum atomic E-state index is 13.4. The van der Waals surface area contributed by atoms with Gasteiger partial charge in [-0.15, -0.1) is 11.3 Å². The van der Waals surface area contributed by atoms with Gasteiger partial charge in [0.1, 0.15) is 28.3 Å². The van der Waals surface area contributed by atoms with Crippen molar-refractivity contribution in [1.29, 1.82) is 5.26 Å². The van der Waals surface area contributed by atoms with Gasteiger partial charge in [0.25, 0.3) is 10.0 Å². The molecule has 0 atom stereocenters. The van der Waals surface area contributed by atoms with Crippen LogP contribution in [0.15, 0.2) is 64.9 Å². The molecule has 0 spiro atoms. The van der Waals surface area contributed by atoms with Crippen LogP contribution in [0.4, 0.5) is 5.69 Å². The van der Waals surface area contributed by atoms with Gasteiger partial charge in [0.05, 0.1) is 12.2 Å². The summed E-state index contributed by atoms with van der Waals surface area (Å²) in [5.41, 5.74) is 2.48. The zero-order valence-electron chi connectivity index (χ0n) is 15.1. The van der Waals surface area contributed by atoms with Crippen LogP contribution in [0.1, 0.15) is 5.69 Å². The molecule has 0 radical (unpaired) electrons. The van der Waals surface area contributed by atoms with Gasteiger partial charge >= 0.3 is 0 Å². The summed E-state index contributed by atoms with van der Waals surface area (Å²) in [6.07, 6.45) is 0. The van der Waals surface area contributed by atoms with Gasteiger partial charge in [-0.2, -0.15) is 5.26 Å². The van der Waals surface area contributed by atoms with Gasteiger partial charge in [-0.3, -0.25) is 4.31 Å². The van der Waals surface area contributed by atoms with Crippen LogP contribution in [-0.2, 0) is 10.0 Å². The fourth-order valence-corrected chi connectivity index (χ4v) is 6.40. The van der Waals surface area contributed by atoms with Crippen LogP contribution >= 0.6 is 11.3 Å². The zero-order valence-corrected chi connectivity index (χ0v) is 16.8. The molecule has 8 heteroatoms. The number of nitrogens with zero attached hydrogens (tertiary/aromatic N) is 2. The number of nitriles is 1. The normalized spacial score (nSPS) is 13.7. The average molecular weight is 422 g/mol. The van der Waals surface area contributed by atoms with Crippen molar-refractivity contribution in [2.24, 2.45) is 0 Å². The van der Waals surface area contributed by atoms with E-state index in [1.807, 2.05) is 30.3 Å². The summed E-state index contributed by atoms with van der Waals surface area (Å²) in [6, 6.07) is 20.3. The summed E-state index contributed by atoms with van der Waals surface area (Å²) in [7, 11) is -3.73. The third-order valence-corrected chi connectivity index (χ3v) is 8.22. The lowest BCUT2D eigenvalue weighted by atomic mass is 10.1. The van der Waals surface area contributed by atoms with Crippen molar-refractivity contribution in [2.75, 3.05) is 17.5 Å². The standard InChI is InChI=1S/C21H15N3O3S2/c22-13-16-6-7-17(23-16)14-5-8-19-18(11-14)24(9-10-27-19)29(25,26)21-12-15-3-1-2-4-20(15)28-21/h1-8,11-12,23H,9-10H2. The summed E-state index contributed by atoms with van der Waals surface area (Å²) in [4.78, 5) is 3.02. The van der Waals surface area contributed by atoms with Gasteiger partial charge in [0, 0.05) is 16.0 Å². The van der Waals surface area contributed by atoms with Crippen molar-refractivity contribution < 1.29 is 13.2 Å². The predicted octanol–water partition coefficient (Wildman–Crippen LogP) is 4.36. The molecule has 0 fully saturated rings. The average Bonchev–Trinajstić information content (AvgIpc) is 3.40. The molecule has 0 bridgehead atoms. The van der Waals surface area contributed by atoms with Crippen molar-refractivity contribution in [2.45, 2.75) is 4.21 Å². The first-order valence-corrected chi connectivity index (χ1v) is 11.2. The zero-order chi connectivity index (χ0) is 20.0. The van der Waals surface area contributed by atoms with Crippen molar-refractivity contribution >= 4 is 37.1 Å². The number of nitrogens with one attached hydrogen (secondary N) is 1. The molecule has 4 aromatic rings. The molecule has 2 aromatic carbocycles. The second kappa shape index (κ2) is 6.65. The van der Waals surface area contributed by atoms with E-state index in [2.05, 4.69) is 11.1 Å². The van der Waals surface area contributed by atoms with Crippen LogP contribution in [0, 0.1) is 11.3 Å². The van der Waals surface area contributed by atoms with E-state index in [0.717, 1.165) is 21.3 Å². The van der Waals surface area contributed by atoms with Crippen LogP contribution in [0.2, 0.25) is 0 Å². The second-order valence-electron chi connectivity index (χ2n) is 6.61. The molecule has 3 heterocycles. The number of aromatic amines is 1. The first kappa shape index (κ1) is 17.8. The third-order valence-electron chi connectivity index (χ3n) is 4.84. The Kier molecular flexibility index (Phi) is 4.08. The maximum absolute atomic E-state index is 13.4. The smallest absolute Gasteiger partial charge is 0.274 e. The minimum absolute atomic E-state index is 0.237. The number of benzene rings is 2. The molecule has 6 nitrogen and oxygen atoms in total. The molecule has 1 aliphatic heterocycles. The number of aromatic nitrogens is 1. The number of rotatable bonds is 3. The van der Waals surface area contributed by atoms with E-state index in [4.69, 9.17) is 10.00 Å². The molecule has 144 valence electrons. The van der Waals surface area contributed by atoms with Gasteiger partial charge in [0.15, 0.2) is 0 Å². The summed E-state index contributed by atoms with van der Waals surface area (Å²) in [6.45, 7) is 0.527. The van der Waals surface area contributed by atoms with E-state index in [9.17, 15) is 8.42 Å². The topological polar surface area (TPSA) is 86.2 Å². The lowest BCUT2D eigenvalue weighted by Crippen LogP contribution is -2.37. The SMILES string of the molecule is N#Cc1ccc(-c2ccc3c(c2)N(S(=O)(=O)c2cc4ccccc4s2)CCO3)[nH]1. The van der Waals surface area contributed by atoms with Crippen molar-refractivity contribution in [3.63, 3.8) is 0 Å². The highest BCUT2D eigenvalue weighted by Gasteiger charge is 2.32. The quantitative estimate of drug-likeness (QED) is 0.533. The maximum Gasteiger partial charge on any atom is 0.274 e. The van der Waals surface area contributed by atoms with Gasteiger partial charge in [-0.1, -0.05) is 18.2 Å². The summed E-state index contributed by atoms with van der Waals surface area (Å²) >= 11 is 1.27. The van der Waals surface area contributed by atoms with Gasteiger partial charge < -0.3 is 9.72 Å². The fraction of sp³-hybridized carbons (Fsp3) is 0.0952. The van der Waals surface area contributed by atoms with Crippen LogP contribution in [0.3, 0.4) is 0 Å². The monoisotopic (exact) mass is 421 g/mol. The number of hydrogen-bond acceptors (Lipinski definition) is 5. The minimum atomic E-state index is -3.73. The molecule has 0 amide bonds. The molecule has 0 aliphatic carbocycles. The summed E-state index contributed by atoms with van der Waals surface area (Å²) in [5, 5.41) is 9.95. The fourth-order valence-electron chi connectivity index (χ4n) is 3.43. The number of sulfonamides is 1. The van der Waals surface area contributed by atoms with E-state index in [1.54, 1.807) is 30.3 Å². The highest BCUT2D eigenvalue weighted by atomic mass is 32.2. The third kappa shape index (κ3) is 2.95. The molecule has 2 aromatic heterocycles. The Hall–Kier alpha value is -3.28. The van der Waals surface area contributed by atoms with Crippen molar-refractivity contribution in [3.8, 4) is 23.1 Å². The largest absolute Gasteiger partial charge is 0.489 e. The van der Waals surface area contributed by atoms with Gasteiger partial charge in [-0.05, 0) is 47.9 Å². The number of thiophene rings is 1. The number of hydrogen-bond donors (Lipinski definition) is 1. The van der Waals surface area contributed by atoms with Crippen LogP contribution in [0.25, 0.3) is 21.3 Å². The number of fused-ring (bicyclic) bond motifs is 2. The lowest BCUT2D eigenvalue weighted by molar-refractivity contribution is 0.316. The Balaban J connectivity index is 1.60. The van der Waals surface area contributed by atoms with Gasteiger partial charge in [0.2, 0.25) is 0 Å². The van der Waals surface area contributed by atoms with Crippen LogP contribution < -0.4 is 9.04 Å². The van der Waals surface area contributed by atoms with Crippen LogP contribution in [0.5, 0.6) is 5.75 Å². The van der Waals surface area contributed by atoms with E-state index < -0.39 is 10.0 Å². The second-order valence-corrected chi connectivity index (χ2v) is 9.78. The van der Waals surface area contributed by atoms with Crippen LogP contribution in [-0.4, -0.2) is 26.6 Å². The summed E-state index contributed by atoms with van der Waals surface area (Å²) in [5.74, 6) is 0.525. The van der Waals surface area contributed by atoms with E-state index in [1.165, 1.54) is 15.6 Å². The Morgan fingerprint density at radius 3 is 2.76 bits per heavy atom. The van der Waals surface area contributed by atoms with E-state index in [-0.39, 0.29) is 13.2 Å². The molecular formula is C21H15N3O3S2. The minimum Gasteiger partial charge on any atom is -0.489 e. The molecule has 0 unspecified atom stereocenters. The van der Waals surface area contributed by atoms with Gasteiger partial charge in [-0.25, -0.2) is 8.42 Å². The molecule has 5 rings (SSSR count).